The molecule has 1 heterocycles. The number of carbonyl (C=O) groups is 2. The van der Waals surface area contributed by atoms with Crippen LogP contribution in [0.15, 0.2) is 11.5 Å². The van der Waals surface area contributed by atoms with Crippen LogP contribution in [0.25, 0.3) is 0 Å². The Morgan fingerprint density at radius 2 is 1.40 bits per heavy atom. The van der Waals surface area contributed by atoms with E-state index in [1.807, 2.05) is 0 Å². The third kappa shape index (κ3) is 8.04. The summed E-state index contributed by atoms with van der Waals surface area (Å²) in [7, 11) is 0. The van der Waals surface area contributed by atoms with Crippen molar-refractivity contribution in [2.45, 2.75) is 90.4 Å². The van der Waals surface area contributed by atoms with Gasteiger partial charge in [-0.1, -0.05) is 77.6 Å². The average molecular weight is 354 g/mol. The number of unbranched alkanes of at least 4 members (excludes halogenated alkanes) is 11. The van der Waals surface area contributed by atoms with Gasteiger partial charge in [0.1, 0.15) is 6.61 Å². The lowest BCUT2D eigenvalue weighted by molar-refractivity contribution is -0.144. The quantitative estimate of drug-likeness (QED) is 0.255. The zero-order valence-corrected chi connectivity index (χ0v) is 15.6. The summed E-state index contributed by atoms with van der Waals surface area (Å²) in [6, 6.07) is 0. The van der Waals surface area contributed by atoms with E-state index in [2.05, 4.69) is 11.7 Å². The lowest BCUT2D eigenvalue weighted by Crippen LogP contribution is -2.22. The zero-order valence-electron chi connectivity index (χ0n) is 15.6. The van der Waals surface area contributed by atoms with Gasteiger partial charge < -0.3 is 14.9 Å². The van der Waals surface area contributed by atoms with Crippen LogP contribution in [-0.2, 0) is 14.3 Å². The van der Waals surface area contributed by atoms with Crippen molar-refractivity contribution >= 4 is 11.8 Å². The molecule has 25 heavy (non-hydrogen) atoms. The molecule has 2 N–H and O–H groups in total. The van der Waals surface area contributed by atoms with Crippen LogP contribution in [0.5, 0.6) is 0 Å². The first-order chi connectivity index (χ1) is 12.1. The van der Waals surface area contributed by atoms with Gasteiger partial charge in [-0.05, 0) is 6.42 Å². The third-order valence-corrected chi connectivity index (χ3v) is 4.76. The molecule has 0 aromatic heterocycles. The fourth-order valence-electron chi connectivity index (χ4n) is 3.19. The molecule has 1 atom stereocenters. The maximum atomic E-state index is 12.0. The predicted molar refractivity (Wildman–Crippen MR) is 97.0 cm³/mol. The van der Waals surface area contributed by atoms with Gasteiger partial charge in [0.05, 0.1) is 0 Å². The monoisotopic (exact) mass is 354 g/mol. The van der Waals surface area contributed by atoms with Gasteiger partial charge >= 0.3 is 5.97 Å². The molecule has 144 valence electrons. The van der Waals surface area contributed by atoms with E-state index in [4.69, 9.17) is 5.11 Å². The Hall–Kier alpha value is -1.36. The van der Waals surface area contributed by atoms with Crippen LogP contribution >= 0.6 is 0 Å². The van der Waals surface area contributed by atoms with Crippen molar-refractivity contribution in [3.63, 3.8) is 0 Å². The molecule has 1 unspecified atom stereocenters. The molecular weight excluding hydrogens is 320 g/mol. The molecule has 1 aliphatic heterocycles. The highest BCUT2D eigenvalue weighted by Crippen LogP contribution is 2.26. The fraction of sp³-hybridized carbons (Fsp3) is 0.800. The molecule has 1 aliphatic rings. The first kappa shape index (κ1) is 21.7. The molecule has 0 fully saturated rings. The second-order valence-electron chi connectivity index (χ2n) is 6.93. The Morgan fingerprint density at radius 3 is 1.84 bits per heavy atom. The predicted octanol–water partition coefficient (Wildman–Crippen LogP) is 4.58. The Morgan fingerprint density at radius 1 is 0.920 bits per heavy atom. The highest BCUT2D eigenvalue weighted by Gasteiger charge is 2.40. The molecule has 5 heteroatoms. The zero-order chi connectivity index (χ0) is 18.5. The van der Waals surface area contributed by atoms with Crippen molar-refractivity contribution in [2.24, 2.45) is 5.92 Å². The number of cyclic esters (lactones) is 1. The van der Waals surface area contributed by atoms with Crippen LogP contribution in [0, 0.1) is 5.92 Å². The third-order valence-electron chi connectivity index (χ3n) is 4.76. The van der Waals surface area contributed by atoms with E-state index in [0.717, 1.165) is 19.3 Å². The summed E-state index contributed by atoms with van der Waals surface area (Å²) in [4.78, 5) is 23.6. The van der Waals surface area contributed by atoms with E-state index in [1.54, 1.807) is 0 Å². The minimum Gasteiger partial charge on any atom is -0.507 e. The first-order valence-corrected chi connectivity index (χ1v) is 9.89. The second kappa shape index (κ2) is 12.9. The minimum atomic E-state index is -1.23. The standard InChI is InChI=1S/C20H34O5/c1-2-3-4-5-6-7-8-9-10-11-12-13-14-16(22)18-19(23)17(15-21)25-20(18)24/h18,21,23H,2-15H2,1H3. The number of Topliss-reactive ketones (excluding diaryl/α,β-unsaturated/α-hetero) is 1. The molecule has 0 radical (unpaired) electrons. The van der Waals surface area contributed by atoms with Gasteiger partial charge in [0.15, 0.2) is 23.2 Å². The number of ether oxygens (including phenoxy) is 1. The molecule has 0 amide bonds. The number of carbonyl (C=O) groups excluding carboxylic acids is 2. The summed E-state index contributed by atoms with van der Waals surface area (Å²) < 4.78 is 4.69. The maximum Gasteiger partial charge on any atom is 0.329 e. The van der Waals surface area contributed by atoms with Crippen molar-refractivity contribution in [1.82, 2.24) is 0 Å². The Kier molecular flexibility index (Phi) is 11.2. The van der Waals surface area contributed by atoms with Crippen LogP contribution < -0.4 is 0 Å². The van der Waals surface area contributed by atoms with Crippen LogP contribution in [0.4, 0.5) is 0 Å². The maximum absolute atomic E-state index is 12.0. The topological polar surface area (TPSA) is 83.8 Å². The number of hydrogen-bond donors (Lipinski definition) is 2. The van der Waals surface area contributed by atoms with E-state index in [9.17, 15) is 14.7 Å². The SMILES string of the molecule is CCCCCCCCCCCCCCC(=O)C1C(=O)OC(CO)=C1O. The van der Waals surface area contributed by atoms with Crippen molar-refractivity contribution in [3.8, 4) is 0 Å². The number of ketones is 1. The van der Waals surface area contributed by atoms with Crippen LogP contribution in [0.2, 0.25) is 0 Å². The van der Waals surface area contributed by atoms with Gasteiger partial charge in [-0.15, -0.1) is 0 Å². The van der Waals surface area contributed by atoms with E-state index in [-0.39, 0.29) is 18.0 Å². The van der Waals surface area contributed by atoms with E-state index < -0.39 is 24.3 Å². The highest BCUT2D eigenvalue weighted by molar-refractivity contribution is 6.03. The summed E-state index contributed by atoms with van der Waals surface area (Å²) in [6.07, 6.45) is 14.8. The van der Waals surface area contributed by atoms with Crippen molar-refractivity contribution in [2.75, 3.05) is 6.61 Å². The minimum absolute atomic E-state index is 0.196. The Balaban J connectivity index is 2.00. The van der Waals surface area contributed by atoms with Gasteiger partial charge in [0.25, 0.3) is 0 Å². The van der Waals surface area contributed by atoms with Crippen LogP contribution in [-0.4, -0.2) is 28.6 Å². The van der Waals surface area contributed by atoms with E-state index in [0.29, 0.717) is 0 Å². The summed E-state index contributed by atoms with van der Waals surface area (Å²) in [5.74, 6) is -2.94. The Labute approximate surface area is 151 Å². The smallest absolute Gasteiger partial charge is 0.329 e. The summed E-state index contributed by atoms with van der Waals surface area (Å²) in [5.41, 5.74) is 0. The molecule has 0 aliphatic carbocycles. The molecule has 1 rings (SSSR count). The first-order valence-electron chi connectivity index (χ1n) is 9.89. The van der Waals surface area contributed by atoms with Crippen molar-refractivity contribution < 1.29 is 24.5 Å². The van der Waals surface area contributed by atoms with Crippen molar-refractivity contribution in [1.29, 1.82) is 0 Å². The van der Waals surface area contributed by atoms with E-state index in [1.165, 1.54) is 57.8 Å². The summed E-state index contributed by atoms with van der Waals surface area (Å²) in [6.45, 7) is 1.67. The van der Waals surface area contributed by atoms with Crippen LogP contribution in [0.1, 0.15) is 90.4 Å². The highest BCUT2D eigenvalue weighted by atomic mass is 16.6. The normalized spacial score (nSPS) is 17.2. The number of rotatable bonds is 15. The molecular formula is C20H34O5. The largest absolute Gasteiger partial charge is 0.507 e. The van der Waals surface area contributed by atoms with Gasteiger partial charge in [-0.3, -0.25) is 9.59 Å². The molecule has 5 nitrogen and oxygen atoms in total. The van der Waals surface area contributed by atoms with Crippen molar-refractivity contribution in [3.05, 3.63) is 11.5 Å². The number of aliphatic hydroxyl groups is 2. The van der Waals surface area contributed by atoms with Crippen LogP contribution in [0.3, 0.4) is 0 Å². The lowest BCUT2D eigenvalue weighted by Gasteiger charge is -2.06. The number of aliphatic hydroxyl groups excluding tert-OH is 2. The summed E-state index contributed by atoms with van der Waals surface area (Å²) >= 11 is 0. The molecule has 0 aromatic rings. The fourth-order valence-corrected chi connectivity index (χ4v) is 3.19. The summed E-state index contributed by atoms with van der Waals surface area (Å²) in [5, 5.41) is 18.7. The van der Waals surface area contributed by atoms with Gasteiger partial charge in [0.2, 0.25) is 0 Å². The number of esters is 1. The molecule has 0 aromatic carbocycles. The molecule has 0 saturated heterocycles. The van der Waals surface area contributed by atoms with Gasteiger partial charge in [-0.2, -0.15) is 0 Å². The Bertz CT molecular complexity index is 441. The lowest BCUT2D eigenvalue weighted by atomic mass is 9.97. The molecule has 0 spiro atoms. The second-order valence-corrected chi connectivity index (χ2v) is 6.93. The van der Waals surface area contributed by atoms with Gasteiger partial charge in [-0.25, -0.2) is 0 Å². The van der Waals surface area contributed by atoms with E-state index >= 15 is 0 Å². The molecule has 0 bridgehead atoms. The average Bonchev–Trinajstić information content (AvgIpc) is 2.89. The number of hydrogen-bond acceptors (Lipinski definition) is 5. The molecule has 0 saturated carbocycles. The van der Waals surface area contributed by atoms with Gasteiger partial charge in [0, 0.05) is 6.42 Å².